The predicted octanol–water partition coefficient (Wildman–Crippen LogP) is 0.213. The molecule has 0 fully saturated rings. The summed E-state index contributed by atoms with van der Waals surface area (Å²) >= 11 is 0. The highest BCUT2D eigenvalue weighted by atomic mass is 16.3. The molecule has 2 atom stereocenters. The van der Waals surface area contributed by atoms with Crippen molar-refractivity contribution >= 4 is 0 Å². The van der Waals surface area contributed by atoms with E-state index in [1.807, 2.05) is 6.07 Å². The molecule has 1 aliphatic rings. The van der Waals surface area contributed by atoms with Crippen molar-refractivity contribution in [3.63, 3.8) is 0 Å². The van der Waals surface area contributed by atoms with Crippen molar-refractivity contribution in [3.05, 3.63) is 29.3 Å². The molecule has 1 aromatic carbocycles. The monoisotopic (exact) mass is 180 g/mol. The van der Waals surface area contributed by atoms with Crippen LogP contribution in [0.25, 0.3) is 0 Å². The number of phenolic OH excluding ortho intramolecular Hbond substituents is 1. The van der Waals surface area contributed by atoms with Crippen molar-refractivity contribution in [2.24, 2.45) is 0 Å². The summed E-state index contributed by atoms with van der Waals surface area (Å²) < 4.78 is 0. The maximum absolute atomic E-state index is 9.47. The molecular formula is C10H12O3. The zero-order chi connectivity index (χ0) is 9.42. The van der Waals surface area contributed by atoms with Gasteiger partial charge in [-0.15, -0.1) is 0 Å². The second-order valence-electron chi connectivity index (χ2n) is 3.46. The zero-order valence-electron chi connectivity index (χ0n) is 7.14. The molecule has 3 heteroatoms. The third-order valence-electron chi connectivity index (χ3n) is 2.53. The van der Waals surface area contributed by atoms with Crippen molar-refractivity contribution in [2.75, 3.05) is 0 Å². The van der Waals surface area contributed by atoms with Crippen LogP contribution < -0.4 is 0 Å². The van der Waals surface area contributed by atoms with E-state index in [0.717, 1.165) is 11.1 Å². The molecule has 2 rings (SSSR count). The molecule has 3 nitrogen and oxygen atoms in total. The largest absolute Gasteiger partial charge is 0.508 e. The Morgan fingerprint density at radius 3 is 2.54 bits per heavy atom. The van der Waals surface area contributed by atoms with Crippen LogP contribution in [0.15, 0.2) is 18.2 Å². The van der Waals surface area contributed by atoms with Gasteiger partial charge in [-0.25, -0.2) is 0 Å². The Kier molecular flexibility index (Phi) is 1.98. The number of hydrogen-bond donors (Lipinski definition) is 3. The van der Waals surface area contributed by atoms with E-state index < -0.39 is 12.2 Å². The Hall–Kier alpha value is -1.06. The van der Waals surface area contributed by atoms with Crippen molar-refractivity contribution < 1.29 is 15.3 Å². The highest BCUT2D eigenvalue weighted by Gasteiger charge is 2.26. The Morgan fingerprint density at radius 2 is 1.77 bits per heavy atom. The van der Waals surface area contributed by atoms with Crippen LogP contribution in [0.3, 0.4) is 0 Å². The van der Waals surface area contributed by atoms with E-state index >= 15 is 0 Å². The molecule has 0 radical (unpaired) electrons. The number of benzene rings is 1. The molecule has 0 saturated heterocycles. The highest BCUT2D eigenvalue weighted by Crippen LogP contribution is 2.28. The van der Waals surface area contributed by atoms with Crippen LogP contribution in [-0.4, -0.2) is 27.5 Å². The van der Waals surface area contributed by atoms with Gasteiger partial charge in [-0.3, -0.25) is 0 Å². The minimum atomic E-state index is -0.749. The van der Waals surface area contributed by atoms with Gasteiger partial charge in [-0.1, -0.05) is 12.1 Å². The number of aliphatic hydroxyl groups is 2. The van der Waals surface area contributed by atoms with Gasteiger partial charge in [0, 0.05) is 12.8 Å². The zero-order valence-corrected chi connectivity index (χ0v) is 7.14. The fourth-order valence-electron chi connectivity index (χ4n) is 1.75. The van der Waals surface area contributed by atoms with Crippen LogP contribution in [0.5, 0.6) is 5.75 Å². The van der Waals surface area contributed by atoms with Crippen LogP contribution >= 0.6 is 0 Å². The number of aromatic hydroxyl groups is 1. The molecule has 0 bridgehead atoms. The lowest BCUT2D eigenvalue weighted by Gasteiger charge is -2.26. The van der Waals surface area contributed by atoms with Gasteiger partial charge in [0.1, 0.15) is 5.75 Å². The molecule has 0 aliphatic heterocycles. The normalized spacial score (nSPS) is 26.9. The summed E-state index contributed by atoms with van der Waals surface area (Å²) in [4.78, 5) is 0. The first-order chi connectivity index (χ1) is 6.18. The smallest absolute Gasteiger partial charge is 0.119 e. The van der Waals surface area contributed by atoms with Gasteiger partial charge >= 0.3 is 0 Å². The van der Waals surface area contributed by atoms with Crippen molar-refractivity contribution in [3.8, 4) is 5.75 Å². The van der Waals surface area contributed by atoms with Crippen molar-refractivity contribution in [1.29, 1.82) is 0 Å². The number of phenols is 1. The lowest BCUT2D eigenvalue weighted by atomic mass is 9.87. The van der Waals surface area contributed by atoms with E-state index in [9.17, 15) is 15.3 Å². The van der Waals surface area contributed by atoms with Crippen LogP contribution in [0.2, 0.25) is 0 Å². The summed E-state index contributed by atoms with van der Waals surface area (Å²) in [5.74, 6) is 0.212. The number of fused-ring (bicyclic) bond motifs is 1. The average Bonchev–Trinajstić information content (AvgIpc) is 2.09. The third kappa shape index (κ3) is 1.41. The Morgan fingerprint density at radius 1 is 1.08 bits per heavy atom. The maximum atomic E-state index is 9.47. The molecule has 0 saturated carbocycles. The molecule has 13 heavy (non-hydrogen) atoms. The fraction of sp³-hybridized carbons (Fsp3) is 0.400. The summed E-state index contributed by atoms with van der Waals surface area (Å²) in [6.45, 7) is 0. The number of rotatable bonds is 0. The van der Waals surface area contributed by atoms with E-state index in [2.05, 4.69) is 0 Å². The summed E-state index contributed by atoms with van der Waals surface area (Å²) in [7, 11) is 0. The number of hydrogen-bond acceptors (Lipinski definition) is 3. The molecule has 1 aliphatic carbocycles. The topological polar surface area (TPSA) is 60.7 Å². The molecule has 0 amide bonds. The van der Waals surface area contributed by atoms with Gasteiger partial charge in [0.2, 0.25) is 0 Å². The van der Waals surface area contributed by atoms with Crippen LogP contribution in [0.1, 0.15) is 11.1 Å². The van der Waals surface area contributed by atoms with E-state index in [4.69, 9.17) is 0 Å². The van der Waals surface area contributed by atoms with Gasteiger partial charge in [0.15, 0.2) is 0 Å². The molecule has 1 aromatic rings. The first-order valence-electron chi connectivity index (χ1n) is 4.34. The molecule has 0 aromatic heterocycles. The van der Waals surface area contributed by atoms with E-state index in [-0.39, 0.29) is 5.75 Å². The second kappa shape index (κ2) is 3.01. The van der Waals surface area contributed by atoms with Gasteiger partial charge < -0.3 is 15.3 Å². The average molecular weight is 180 g/mol. The maximum Gasteiger partial charge on any atom is 0.119 e. The predicted molar refractivity (Wildman–Crippen MR) is 47.5 cm³/mol. The molecule has 3 N–H and O–H groups in total. The third-order valence-corrected chi connectivity index (χ3v) is 2.53. The first kappa shape index (κ1) is 8.53. The fourth-order valence-corrected chi connectivity index (χ4v) is 1.75. The highest BCUT2D eigenvalue weighted by molar-refractivity contribution is 5.41. The van der Waals surface area contributed by atoms with Crippen LogP contribution in [-0.2, 0) is 12.8 Å². The SMILES string of the molecule is Oc1cccc2c1C[C@@H](O)[C@H](O)C2. The minimum Gasteiger partial charge on any atom is -0.508 e. The molecule has 70 valence electrons. The molecule has 0 unspecified atom stereocenters. The van der Waals surface area contributed by atoms with Crippen molar-refractivity contribution in [2.45, 2.75) is 25.0 Å². The molecule has 0 heterocycles. The van der Waals surface area contributed by atoms with Crippen LogP contribution in [0, 0.1) is 0 Å². The molecule has 0 spiro atoms. The van der Waals surface area contributed by atoms with Gasteiger partial charge in [-0.2, -0.15) is 0 Å². The van der Waals surface area contributed by atoms with Gasteiger partial charge in [0.05, 0.1) is 12.2 Å². The van der Waals surface area contributed by atoms with Gasteiger partial charge in [0.25, 0.3) is 0 Å². The lowest BCUT2D eigenvalue weighted by Crippen LogP contribution is -2.34. The Labute approximate surface area is 76.3 Å². The Balaban J connectivity index is 2.42. The summed E-state index contributed by atoms with van der Waals surface area (Å²) in [5, 5.41) is 28.2. The summed E-state index contributed by atoms with van der Waals surface area (Å²) in [6.07, 6.45) is -0.691. The van der Waals surface area contributed by atoms with E-state index in [1.165, 1.54) is 0 Å². The first-order valence-corrected chi connectivity index (χ1v) is 4.34. The van der Waals surface area contributed by atoms with E-state index in [1.54, 1.807) is 12.1 Å². The molecular weight excluding hydrogens is 168 g/mol. The Bertz CT molecular complexity index is 322. The van der Waals surface area contributed by atoms with Gasteiger partial charge in [-0.05, 0) is 17.2 Å². The van der Waals surface area contributed by atoms with E-state index in [0.29, 0.717) is 12.8 Å². The van der Waals surface area contributed by atoms with Crippen LogP contribution in [0.4, 0.5) is 0 Å². The van der Waals surface area contributed by atoms with Crippen molar-refractivity contribution in [1.82, 2.24) is 0 Å². The second-order valence-corrected chi connectivity index (χ2v) is 3.46. The lowest BCUT2D eigenvalue weighted by molar-refractivity contribution is 0.0137. The quantitative estimate of drug-likeness (QED) is 0.535. The summed E-state index contributed by atoms with van der Waals surface area (Å²) in [6, 6.07) is 5.21. The standard InChI is InChI=1S/C10H12O3/c11-8-3-1-2-6-4-9(12)10(13)5-7(6)8/h1-3,9-13H,4-5H2/t9-,10-/m1/s1. The minimum absolute atomic E-state index is 0.212. The summed E-state index contributed by atoms with van der Waals surface area (Å²) in [5.41, 5.74) is 1.69. The number of aliphatic hydroxyl groups excluding tert-OH is 2.